The van der Waals surface area contributed by atoms with Gasteiger partial charge in [0.25, 0.3) is 0 Å². The summed E-state index contributed by atoms with van der Waals surface area (Å²) in [6, 6.07) is 5.55. The van der Waals surface area contributed by atoms with E-state index in [-0.39, 0.29) is 31.1 Å². The van der Waals surface area contributed by atoms with E-state index in [9.17, 15) is 18.0 Å². The summed E-state index contributed by atoms with van der Waals surface area (Å²) >= 11 is 0. The lowest BCUT2D eigenvalue weighted by molar-refractivity contribution is -0.135. The SMILES string of the molecule is C=CC(=O)Nc1ccc(NC2CCCCC2)c(/C(N=NCCCCC(F)(F)F)=N/N)c1. The minimum atomic E-state index is -4.17. The van der Waals surface area contributed by atoms with Crippen molar-refractivity contribution in [3.05, 3.63) is 36.4 Å². The van der Waals surface area contributed by atoms with Crippen LogP contribution in [0.2, 0.25) is 0 Å². The number of nitrogens with zero attached hydrogens (tertiary/aromatic N) is 3. The van der Waals surface area contributed by atoms with Crippen molar-refractivity contribution in [3.8, 4) is 0 Å². The molecule has 0 radical (unpaired) electrons. The van der Waals surface area contributed by atoms with Gasteiger partial charge >= 0.3 is 6.18 Å². The molecule has 10 heteroatoms. The van der Waals surface area contributed by atoms with E-state index in [1.54, 1.807) is 12.1 Å². The molecule has 1 fully saturated rings. The first-order valence-corrected chi connectivity index (χ1v) is 10.4. The number of amidine groups is 1. The Hall–Kier alpha value is -2.91. The summed E-state index contributed by atoms with van der Waals surface area (Å²) in [6.07, 6.45) is 1.99. The Bertz CT molecular complexity index is 801. The third-order valence-electron chi connectivity index (χ3n) is 4.93. The monoisotopic (exact) mass is 438 g/mol. The van der Waals surface area contributed by atoms with Crippen LogP contribution in [0, 0.1) is 0 Å². The number of alkyl halides is 3. The van der Waals surface area contributed by atoms with Gasteiger partial charge in [-0.15, -0.1) is 5.11 Å². The number of hydrazone groups is 1. The van der Waals surface area contributed by atoms with Crippen molar-refractivity contribution in [2.75, 3.05) is 17.2 Å². The lowest BCUT2D eigenvalue weighted by atomic mass is 9.95. The number of carbonyl (C=O) groups is 1. The maximum Gasteiger partial charge on any atom is 0.389 e. The molecular formula is C21H29F3N6O. The van der Waals surface area contributed by atoms with Gasteiger partial charge in [-0.3, -0.25) is 4.79 Å². The summed E-state index contributed by atoms with van der Waals surface area (Å²) in [4.78, 5) is 11.7. The molecule has 1 aromatic rings. The zero-order valence-electron chi connectivity index (χ0n) is 17.4. The summed E-state index contributed by atoms with van der Waals surface area (Å²) in [5, 5.41) is 17.9. The van der Waals surface area contributed by atoms with E-state index in [2.05, 4.69) is 32.5 Å². The van der Waals surface area contributed by atoms with Crippen LogP contribution in [-0.2, 0) is 4.79 Å². The summed E-state index contributed by atoms with van der Waals surface area (Å²) in [6.45, 7) is 3.57. The molecule has 0 unspecified atom stereocenters. The number of nitrogens with two attached hydrogens (primary N) is 1. The maximum absolute atomic E-state index is 12.2. The van der Waals surface area contributed by atoms with Crippen LogP contribution in [-0.4, -0.2) is 30.5 Å². The van der Waals surface area contributed by atoms with Gasteiger partial charge in [-0.05, 0) is 50.0 Å². The quantitative estimate of drug-likeness (QED) is 0.0919. The van der Waals surface area contributed by atoms with Crippen LogP contribution in [0.15, 0.2) is 46.2 Å². The van der Waals surface area contributed by atoms with Crippen LogP contribution >= 0.6 is 0 Å². The number of halogens is 3. The molecule has 170 valence electrons. The molecule has 4 N–H and O–H groups in total. The van der Waals surface area contributed by atoms with E-state index in [4.69, 9.17) is 5.84 Å². The largest absolute Gasteiger partial charge is 0.389 e. The molecule has 1 saturated carbocycles. The zero-order valence-corrected chi connectivity index (χ0v) is 17.4. The number of azo groups is 1. The molecule has 1 aliphatic carbocycles. The first kappa shape index (κ1) is 24.4. The zero-order chi connectivity index (χ0) is 22.7. The van der Waals surface area contributed by atoms with Gasteiger partial charge in [-0.25, -0.2) is 0 Å². The van der Waals surface area contributed by atoms with E-state index in [0.29, 0.717) is 17.3 Å². The van der Waals surface area contributed by atoms with Crippen molar-refractivity contribution in [3.63, 3.8) is 0 Å². The van der Waals surface area contributed by atoms with Crippen LogP contribution in [0.4, 0.5) is 24.5 Å². The van der Waals surface area contributed by atoms with Gasteiger partial charge in [0.05, 0.1) is 6.54 Å². The Labute approximate surface area is 180 Å². The molecule has 7 nitrogen and oxygen atoms in total. The number of amides is 1. The summed E-state index contributed by atoms with van der Waals surface area (Å²) < 4.78 is 36.7. The molecule has 0 aromatic heterocycles. The van der Waals surface area contributed by atoms with Crippen LogP contribution < -0.4 is 16.5 Å². The predicted octanol–water partition coefficient (Wildman–Crippen LogP) is 5.36. The van der Waals surface area contributed by atoms with Crippen LogP contribution in [0.5, 0.6) is 0 Å². The summed E-state index contributed by atoms with van der Waals surface area (Å²) in [7, 11) is 0. The highest BCUT2D eigenvalue weighted by molar-refractivity contribution is 6.06. The van der Waals surface area contributed by atoms with Crippen molar-refractivity contribution in [1.29, 1.82) is 0 Å². The lowest BCUT2D eigenvalue weighted by Crippen LogP contribution is -2.23. The number of nitrogens with one attached hydrogen (secondary N) is 2. The van der Waals surface area contributed by atoms with Crippen molar-refractivity contribution in [2.45, 2.75) is 63.6 Å². The molecule has 0 aliphatic heterocycles. The number of benzene rings is 1. The molecule has 0 atom stereocenters. The Morgan fingerprint density at radius 2 is 1.97 bits per heavy atom. The number of hydrogen-bond acceptors (Lipinski definition) is 5. The Balaban J connectivity index is 2.14. The molecule has 0 heterocycles. The molecule has 31 heavy (non-hydrogen) atoms. The molecule has 0 saturated heterocycles. The Morgan fingerprint density at radius 1 is 1.23 bits per heavy atom. The summed E-state index contributed by atoms with van der Waals surface area (Å²) in [5.74, 6) is 5.30. The van der Waals surface area contributed by atoms with Crippen LogP contribution in [0.3, 0.4) is 0 Å². The number of anilines is 2. The molecule has 1 amide bonds. The normalized spacial score (nSPS) is 15.8. The number of unbranched alkanes of at least 4 members (excludes halogenated alkanes) is 1. The van der Waals surface area contributed by atoms with Crippen molar-refractivity contribution >= 4 is 23.1 Å². The lowest BCUT2D eigenvalue weighted by Gasteiger charge is -2.25. The van der Waals surface area contributed by atoms with Gasteiger partial charge in [-0.2, -0.15) is 23.4 Å². The second kappa shape index (κ2) is 12.1. The maximum atomic E-state index is 12.2. The fraction of sp³-hybridized carbons (Fsp3) is 0.524. The molecule has 1 aromatic carbocycles. The van der Waals surface area contributed by atoms with Gasteiger partial charge < -0.3 is 16.5 Å². The average molecular weight is 438 g/mol. The molecule has 0 bridgehead atoms. The van der Waals surface area contributed by atoms with E-state index < -0.39 is 12.6 Å². The third-order valence-corrected chi connectivity index (χ3v) is 4.93. The molecule has 2 rings (SSSR count). The van der Waals surface area contributed by atoms with Gasteiger partial charge in [0.1, 0.15) is 0 Å². The highest BCUT2D eigenvalue weighted by atomic mass is 19.4. The average Bonchev–Trinajstić information content (AvgIpc) is 2.74. The predicted molar refractivity (Wildman–Crippen MR) is 116 cm³/mol. The van der Waals surface area contributed by atoms with Gasteiger partial charge in [-0.1, -0.05) is 25.8 Å². The van der Waals surface area contributed by atoms with Gasteiger partial charge in [0.2, 0.25) is 11.7 Å². The fourth-order valence-electron chi connectivity index (χ4n) is 3.37. The first-order valence-electron chi connectivity index (χ1n) is 10.4. The number of hydrogen-bond donors (Lipinski definition) is 3. The Morgan fingerprint density at radius 3 is 2.61 bits per heavy atom. The highest BCUT2D eigenvalue weighted by Crippen LogP contribution is 2.27. The van der Waals surface area contributed by atoms with E-state index in [1.807, 2.05) is 6.07 Å². The Kier molecular flexibility index (Phi) is 9.48. The highest BCUT2D eigenvalue weighted by Gasteiger charge is 2.25. The van der Waals surface area contributed by atoms with Crippen molar-refractivity contribution in [2.24, 2.45) is 21.2 Å². The molecule has 1 aliphatic rings. The second-order valence-electron chi connectivity index (χ2n) is 7.42. The van der Waals surface area contributed by atoms with Gasteiger partial charge in [0, 0.05) is 29.4 Å². The molecule has 0 spiro atoms. The minimum absolute atomic E-state index is 0.0187. The topological polar surface area (TPSA) is 104 Å². The van der Waals surface area contributed by atoms with Gasteiger partial charge in [0.15, 0.2) is 0 Å². The van der Waals surface area contributed by atoms with Crippen LogP contribution in [0.1, 0.15) is 56.9 Å². The van der Waals surface area contributed by atoms with E-state index in [1.165, 1.54) is 6.42 Å². The molecular weight excluding hydrogens is 409 g/mol. The van der Waals surface area contributed by atoms with Crippen molar-refractivity contribution < 1.29 is 18.0 Å². The number of carbonyl (C=O) groups excluding carboxylic acids is 1. The fourth-order valence-corrected chi connectivity index (χ4v) is 3.37. The second-order valence-corrected chi connectivity index (χ2v) is 7.42. The third kappa shape index (κ3) is 8.77. The van der Waals surface area contributed by atoms with E-state index >= 15 is 0 Å². The van der Waals surface area contributed by atoms with Crippen molar-refractivity contribution in [1.82, 2.24) is 0 Å². The summed E-state index contributed by atoms with van der Waals surface area (Å²) in [5.41, 5.74) is 1.81. The smallest absolute Gasteiger partial charge is 0.382 e. The standard InChI is InChI=1S/C21H29F3N6O/c1-2-19(31)28-16-10-11-18(27-15-8-4-3-5-9-15)17(14-16)20(29-25)30-26-13-7-6-12-21(22,23)24/h2,10-11,14-15,27H,1,3-9,12-13,25H2,(H,28,31)/b29-20-,30-26?. The van der Waals surface area contributed by atoms with Crippen LogP contribution in [0.25, 0.3) is 0 Å². The number of rotatable bonds is 9. The minimum Gasteiger partial charge on any atom is -0.382 e. The first-order chi connectivity index (χ1) is 14.8. The van der Waals surface area contributed by atoms with E-state index in [0.717, 1.165) is 37.4 Å².